The summed E-state index contributed by atoms with van der Waals surface area (Å²) < 4.78 is 30.7. The largest absolute Gasteiger partial charge is 0.310 e. The minimum absolute atomic E-state index is 0.293. The van der Waals surface area contributed by atoms with Crippen LogP contribution in [-0.2, 0) is 0 Å². The van der Waals surface area contributed by atoms with Crippen molar-refractivity contribution < 1.29 is 8.78 Å². The van der Waals surface area contributed by atoms with Gasteiger partial charge in [0.15, 0.2) is 0 Å². The summed E-state index contributed by atoms with van der Waals surface area (Å²) in [5, 5.41) is 18.4. The quantitative estimate of drug-likeness (QED) is 0.111. The lowest BCUT2D eigenvalue weighted by molar-refractivity contribution is 0.627. The molecule has 0 saturated heterocycles. The van der Waals surface area contributed by atoms with Crippen LogP contribution in [-0.4, -0.2) is 0 Å². The maximum atomic E-state index is 15.3. The zero-order chi connectivity index (χ0) is 53.6. The van der Waals surface area contributed by atoms with Crippen LogP contribution in [0.15, 0.2) is 267 Å². The van der Waals surface area contributed by atoms with E-state index in [4.69, 9.17) is 0 Å². The Morgan fingerprint density at radius 1 is 0.225 bits per heavy atom. The van der Waals surface area contributed by atoms with Crippen LogP contribution in [0, 0.1) is 25.5 Å². The van der Waals surface area contributed by atoms with Gasteiger partial charge in [-0.2, -0.15) is 0 Å². The van der Waals surface area contributed by atoms with E-state index in [1.807, 2.05) is 24.3 Å². The van der Waals surface area contributed by atoms with E-state index in [2.05, 4.69) is 230 Å². The number of hydrogen-bond acceptors (Lipinski definition) is 2. The second kappa shape index (κ2) is 18.8. The molecule has 0 fully saturated rings. The molecule has 0 heterocycles. The van der Waals surface area contributed by atoms with E-state index >= 15 is 8.78 Å². The summed E-state index contributed by atoms with van der Waals surface area (Å²) in [5.41, 5.74) is 12.3. The fraction of sp³-hybridized carbons (Fsp3) is 0.0263. The first kappa shape index (κ1) is 47.1. The van der Waals surface area contributed by atoms with Crippen molar-refractivity contribution in [2.45, 2.75) is 13.8 Å². The second-order valence-corrected chi connectivity index (χ2v) is 21.3. The van der Waals surface area contributed by atoms with Crippen molar-refractivity contribution in [1.82, 2.24) is 0 Å². The number of rotatable bonds is 8. The smallest absolute Gasteiger partial charge is 0.125 e. The van der Waals surface area contributed by atoms with E-state index in [-0.39, 0.29) is 11.6 Å². The lowest BCUT2D eigenvalue weighted by Crippen LogP contribution is -2.10. The molecule has 0 aliphatic rings. The van der Waals surface area contributed by atoms with Gasteiger partial charge in [0.2, 0.25) is 0 Å². The zero-order valence-electron chi connectivity index (χ0n) is 44.1. The van der Waals surface area contributed by atoms with Crippen LogP contribution >= 0.6 is 0 Å². The molecule has 378 valence electrons. The molecule has 0 saturated carbocycles. The minimum Gasteiger partial charge on any atom is -0.310 e. The molecule has 2 nitrogen and oxygen atoms in total. The molecule has 15 rings (SSSR count). The fourth-order valence-electron chi connectivity index (χ4n) is 12.7. The van der Waals surface area contributed by atoms with Gasteiger partial charge in [0.05, 0.1) is 0 Å². The van der Waals surface area contributed by atoms with Gasteiger partial charge in [-0.25, -0.2) is 8.78 Å². The lowest BCUT2D eigenvalue weighted by Gasteiger charge is -2.27. The number of anilines is 6. The number of hydrogen-bond donors (Lipinski definition) is 0. The molecule has 0 unspecified atom stereocenters. The summed E-state index contributed by atoms with van der Waals surface area (Å²) in [4.78, 5) is 4.35. The standard InChI is InChI=1S/C76H50F2N2/c1-47-13-9-23-67-69-43-63(79(59-21-11-19-57(77)41-59)61-31-29-53-37-51(25-27-55(53)39-61)49-15-5-3-6-16-49)33-35-65(69)71-46-74-72(45-73(71)75(47)67)66-36-34-64(44-70(66)68-24-10-14-48(2)76(68)74)80(60-22-12-20-58(78)42-60)62-32-30-54-38-52(26-28-56(54)40-62)50-17-7-4-8-18-50/h3-46H,1-2H3. The van der Waals surface area contributed by atoms with E-state index in [1.165, 1.54) is 66.7 Å². The third kappa shape index (κ3) is 7.90. The molecule has 80 heavy (non-hydrogen) atoms. The lowest BCUT2D eigenvalue weighted by atomic mass is 9.86. The number of nitrogens with zero attached hydrogens (tertiary/aromatic N) is 2. The van der Waals surface area contributed by atoms with Crippen molar-refractivity contribution in [1.29, 1.82) is 0 Å². The van der Waals surface area contributed by atoms with E-state index in [0.29, 0.717) is 0 Å². The second-order valence-electron chi connectivity index (χ2n) is 21.3. The van der Waals surface area contributed by atoms with Crippen molar-refractivity contribution in [2.75, 3.05) is 9.80 Å². The first-order valence-electron chi connectivity index (χ1n) is 27.3. The molecule has 4 heteroatoms. The van der Waals surface area contributed by atoms with Crippen molar-refractivity contribution in [2.24, 2.45) is 0 Å². The molecule has 15 aromatic rings. The van der Waals surface area contributed by atoms with Crippen LogP contribution in [0.5, 0.6) is 0 Å². The third-order valence-corrected chi connectivity index (χ3v) is 16.4. The highest BCUT2D eigenvalue weighted by atomic mass is 19.1. The SMILES string of the molecule is Cc1cccc2c3cc(N(c4cccc(F)c4)c4ccc5cc(-c6ccccc6)ccc5c4)ccc3c3cc4c(cc3c12)c1ccc(N(c2cccc(F)c2)c2ccc3cc(-c5ccccc5)ccc3c2)cc1c1cccc(C)c14. The topological polar surface area (TPSA) is 6.48 Å². The molecular weight excluding hydrogens is 979 g/mol. The summed E-state index contributed by atoms with van der Waals surface area (Å²) in [7, 11) is 0. The molecule has 15 aromatic carbocycles. The van der Waals surface area contributed by atoms with Crippen LogP contribution in [0.1, 0.15) is 11.1 Å². The Kier molecular flexibility index (Phi) is 11.1. The Morgan fingerprint density at radius 2 is 0.588 bits per heavy atom. The van der Waals surface area contributed by atoms with E-state index in [0.717, 1.165) is 99.1 Å². The summed E-state index contributed by atoms with van der Waals surface area (Å²) in [6.45, 7) is 4.42. The van der Waals surface area contributed by atoms with Gasteiger partial charge >= 0.3 is 0 Å². The van der Waals surface area contributed by atoms with Gasteiger partial charge in [0, 0.05) is 34.1 Å². The van der Waals surface area contributed by atoms with Crippen molar-refractivity contribution in [3.8, 4) is 22.3 Å². The highest BCUT2D eigenvalue weighted by Crippen LogP contribution is 2.48. The van der Waals surface area contributed by atoms with Gasteiger partial charge in [-0.05, 0) is 243 Å². The van der Waals surface area contributed by atoms with Crippen LogP contribution in [0.2, 0.25) is 0 Å². The van der Waals surface area contributed by atoms with Gasteiger partial charge in [-0.3, -0.25) is 0 Å². The van der Waals surface area contributed by atoms with Crippen LogP contribution < -0.4 is 9.80 Å². The average Bonchev–Trinajstić information content (AvgIpc) is 3.53. The Morgan fingerprint density at radius 3 is 1.02 bits per heavy atom. The summed E-state index contributed by atoms with van der Waals surface area (Å²) in [6.07, 6.45) is 0. The summed E-state index contributed by atoms with van der Waals surface area (Å²) in [5.74, 6) is -0.586. The molecule has 0 aliphatic carbocycles. The molecule has 0 aliphatic heterocycles. The Bertz CT molecular complexity index is 4690. The zero-order valence-corrected chi connectivity index (χ0v) is 44.1. The maximum Gasteiger partial charge on any atom is 0.125 e. The molecule has 0 radical (unpaired) electrons. The molecule has 0 spiro atoms. The third-order valence-electron chi connectivity index (χ3n) is 16.4. The highest BCUT2D eigenvalue weighted by Gasteiger charge is 2.22. The molecule has 0 N–H and O–H groups in total. The number of halogens is 2. The normalized spacial score (nSPS) is 11.8. The number of benzene rings is 15. The first-order valence-corrected chi connectivity index (χ1v) is 27.3. The van der Waals surface area contributed by atoms with Gasteiger partial charge in [0.1, 0.15) is 11.6 Å². The number of aryl methyl sites for hydroxylation is 2. The Labute approximate surface area is 462 Å². The molecule has 0 amide bonds. The van der Waals surface area contributed by atoms with Gasteiger partial charge in [-0.15, -0.1) is 0 Å². The molecular formula is C76H50F2N2. The minimum atomic E-state index is -0.293. The van der Waals surface area contributed by atoms with Crippen molar-refractivity contribution in [3.63, 3.8) is 0 Å². The van der Waals surface area contributed by atoms with Gasteiger partial charge in [-0.1, -0.05) is 158 Å². The van der Waals surface area contributed by atoms with Crippen LogP contribution in [0.4, 0.5) is 42.9 Å². The summed E-state index contributed by atoms with van der Waals surface area (Å²) >= 11 is 0. The van der Waals surface area contributed by atoms with Gasteiger partial charge in [0.25, 0.3) is 0 Å². The Balaban J connectivity index is 0.915. The first-order chi connectivity index (χ1) is 39.3. The predicted octanol–water partition coefficient (Wildman–Crippen LogP) is 22.1. The molecule has 0 atom stereocenters. The highest BCUT2D eigenvalue weighted by molar-refractivity contribution is 6.34. The van der Waals surface area contributed by atoms with E-state index in [1.54, 1.807) is 24.3 Å². The van der Waals surface area contributed by atoms with Crippen molar-refractivity contribution in [3.05, 3.63) is 290 Å². The fourth-order valence-corrected chi connectivity index (χ4v) is 12.7. The van der Waals surface area contributed by atoms with E-state index < -0.39 is 0 Å². The molecule has 0 aromatic heterocycles. The van der Waals surface area contributed by atoms with Crippen LogP contribution in [0.25, 0.3) is 108 Å². The predicted molar refractivity (Wildman–Crippen MR) is 336 cm³/mol. The number of fused-ring (bicyclic) bond motifs is 14. The average molecular weight is 1030 g/mol. The summed E-state index contributed by atoms with van der Waals surface area (Å²) in [6, 6.07) is 92.5. The van der Waals surface area contributed by atoms with E-state index in [9.17, 15) is 0 Å². The van der Waals surface area contributed by atoms with Gasteiger partial charge < -0.3 is 9.80 Å². The molecule has 0 bridgehead atoms. The Hall–Kier alpha value is -10.2. The maximum absolute atomic E-state index is 15.3. The van der Waals surface area contributed by atoms with Crippen LogP contribution in [0.3, 0.4) is 0 Å². The monoisotopic (exact) mass is 1030 g/mol. The van der Waals surface area contributed by atoms with Crippen molar-refractivity contribution >= 4 is 120 Å².